The van der Waals surface area contributed by atoms with Crippen molar-refractivity contribution in [1.29, 1.82) is 0 Å². The molecule has 3 atom stereocenters. The average Bonchev–Trinajstić information content (AvgIpc) is 3.19. The van der Waals surface area contributed by atoms with E-state index in [1.165, 1.54) is 96.3 Å². The summed E-state index contributed by atoms with van der Waals surface area (Å²) >= 11 is 0. The number of hydrogen-bond donors (Lipinski definition) is 3. The number of nitrogens with zero attached hydrogens (tertiary/aromatic N) is 1. The van der Waals surface area contributed by atoms with E-state index in [1.807, 2.05) is 27.2 Å². The van der Waals surface area contributed by atoms with E-state index >= 15 is 0 Å². The fourth-order valence-corrected chi connectivity index (χ4v) is 7.05. The standard InChI is InChI=1S/C50H91N2O6P/c1-6-8-10-12-14-16-18-20-22-24-25-26-27-28-30-32-34-36-38-40-42-44-50(54)51-48(47-58-59(55,56)57-46-45-52(3,4)5)49(53)43-41-39-37-35-33-31-29-23-21-19-17-15-13-11-9-7-2/h18,20-21,23-25,27-28,33,35,41,43,48-49,53H,6-17,19,22,26,29-32,34,36-40,42,44-47H2,1-5H3,(H-,51,54,55,56)/p+1/b20-18-,23-21+,25-24-,28-27-,35-33+,43-41+. The second kappa shape index (κ2) is 41.3. The molecule has 0 aromatic heterocycles. The fourth-order valence-electron chi connectivity index (χ4n) is 6.31. The van der Waals surface area contributed by atoms with Crippen molar-refractivity contribution in [3.05, 3.63) is 72.9 Å². The van der Waals surface area contributed by atoms with Crippen LogP contribution in [0.1, 0.15) is 187 Å². The van der Waals surface area contributed by atoms with E-state index in [4.69, 9.17) is 9.05 Å². The number of aliphatic hydroxyl groups excluding tert-OH is 1. The van der Waals surface area contributed by atoms with Gasteiger partial charge in [0.15, 0.2) is 0 Å². The van der Waals surface area contributed by atoms with Crippen LogP contribution >= 0.6 is 7.82 Å². The number of phosphoric acid groups is 1. The summed E-state index contributed by atoms with van der Waals surface area (Å²) in [7, 11) is 1.53. The highest BCUT2D eigenvalue weighted by atomic mass is 31.2. The van der Waals surface area contributed by atoms with Crippen molar-refractivity contribution in [1.82, 2.24) is 5.32 Å². The third-order valence-electron chi connectivity index (χ3n) is 10.1. The molecule has 0 spiro atoms. The molecule has 0 radical (unpaired) electrons. The van der Waals surface area contributed by atoms with Crippen LogP contribution in [0.3, 0.4) is 0 Å². The maximum Gasteiger partial charge on any atom is 0.472 e. The van der Waals surface area contributed by atoms with E-state index in [1.54, 1.807) is 6.08 Å². The number of phosphoric ester groups is 1. The van der Waals surface area contributed by atoms with Gasteiger partial charge in [-0.25, -0.2) is 4.57 Å². The minimum Gasteiger partial charge on any atom is -0.387 e. The number of amides is 1. The van der Waals surface area contributed by atoms with E-state index in [9.17, 15) is 19.4 Å². The number of rotatable bonds is 42. The van der Waals surface area contributed by atoms with Crippen molar-refractivity contribution in [3.63, 3.8) is 0 Å². The Kier molecular flexibility index (Phi) is 39.9. The maximum atomic E-state index is 12.9. The van der Waals surface area contributed by atoms with Gasteiger partial charge in [-0.3, -0.25) is 13.8 Å². The molecule has 3 N–H and O–H groups in total. The Hall–Kier alpha value is -2.06. The minimum atomic E-state index is -4.36. The number of aliphatic hydroxyl groups is 1. The highest BCUT2D eigenvalue weighted by Gasteiger charge is 2.27. The molecular weight excluding hydrogens is 756 g/mol. The van der Waals surface area contributed by atoms with Crippen molar-refractivity contribution in [2.24, 2.45) is 0 Å². The molecule has 0 aromatic rings. The minimum absolute atomic E-state index is 0.0473. The molecule has 0 rings (SSSR count). The lowest BCUT2D eigenvalue weighted by atomic mass is 10.1. The zero-order valence-electron chi connectivity index (χ0n) is 38.7. The molecule has 8 nitrogen and oxygen atoms in total. The SMILES string of the molecule is CCCCCCC/C=C\C/C=C\C/C=C\CCCCCCCCC(=O)NC(COP(=O)(O)OCC[N+](C)(C)C)C(O)/C=C/CC/C=C/CC/C=C/CCCCCCCC. The quantitative estimate of drug-likeness (QED) is 0.0245. The smallest absolute Gasteiger partial charge is 0.387 e. The Morgan fingerprint density at radius 2 is 0.983 bits per heavy atom. The molecule has 342 valence electrons. The van der Waals surface area contributed by atoms with Gasteiger partial charge in [0.2, 0.25) is 5.91 Å². The van der Waals surface area contributed by atoms with Gasteiger partial charge in [-0.1, -0.05) is 170 Å². The van der Waals surface area contributed by atoms with E-state index in [2.05, 4.69) is 79.9 Å². The van der Waals surface area contributed by atoms with Gasteiger partial charge in [-0.2, -0.15) is 0 Å². The predicted molar refractivity (Wildman–Crippen MR) is 253 cm³/mol. The highest BCUT2D eigenvalue weighted by Crippen LogP contribution is 2.43. The normalized spacial score (nSPS) is 14.9. The van der Waals surface area contributed by atoms with Crippen molar-refractivity contribution < 1.29 is 32.9 Å². The Labute approximate surface area is 364 Å². The van der Waals surface area contributed by atoms with Gasteiger partial charge in [-0.05, 0) is 83.5 Å². The molecule has 0 fully saturated rings. The second-order valence-electron chi connectivity index (χ2n) is 17.1. The first kappa shape index (κ1) is 56.9. The Bertz CT molecular complexity index is 1190. The molecule has 0 heterocycles. The number of hydrogen-bond acceptors (Lipinski definition) is 5. The summed E-state index contributed by atoms with van der Waals surface area (Å²) < 4.78 is 23.6. The summed E-state index contributed by atoms with van der Waals surface area (Å²) in [5.74, 6) is -0.207. The summed E-state index contributed by atoms with van der Waals surface area (Å²) in [5.41, 5.74) is 0. The van der Waals surface area contributed by atoms with Crippen LogP contribution in [0, 0.1) is 0 Å². The molecule has 0 aromatic carbocycles. The van der Waals surface area contributed by atoms with Crippen molar-refractivity contribution in [3.8, 4) is 0 Å². The predicted octanol–water partition coefficient (Wildman–Crippen LogP) is 13.6. The van der Waals surface area contributed by atoms with Crippen LogP contribution in [-0.4, -0.2) is 73.4 Å². The Morgan fingerprint density at radius 3 is 1.47 bits per heavy atom. The summed E-state index contributed by atoms with van der Waals surface area (Å²) in [6.07, 6.45) is 55.4. The summed E-state index contributed by atoms with van der Waals surface area (Å²) in [6.45, 7) is 4.74. The molecule has 0 aliphatic carbocycles. The number of allylic oxidation sites excluding steroid dienone is 11. The lowest BCUT2D eigenvalue weighted by Crippen LogP contribution is -2.45. The average molecular weight is 848 g/mol. The first-order chi connectivity index (χ1) is 28.5. The number of unbranched alkanes of at least 4 members (excludes halogenated alkanes) is 19. The monoisotopic (exact) mass is 848 g/mol. The van der Waals surface area contributed by atoms with Crippen molar-refractivity contribution in [2.45, 2.75) is 199 Å². The third-order valence-corrected chi connectivity index (χ3v) is 11.1. The zero-order chi connectivity index (χ0) is 43.6. The molecule has 59 heavy (non-hydrogen) atoms. The van der Waals surface area contributed by atoms with Gasteiger partial charge in [0, 0.05) is 6.42 Å². The van der Waals surface area contributed by atoms with Crippen LogP contribution in [0.4, 0.5) is 0 Å². The van der Waals surface area contributed by atoms with E-state index in [-0.39, 0.29) is 19.1 Å². The van der Waals surface area contributed by atoms with Gasteiger partial charge >= 0.3 is 7.82 Å². The number of nitrogens with one attached hydrogen (secondary N) is 1. The lowest BCUT2D eigenvalue weighted by molar-refractivity contribution is -0.870. The van der Waals surface area contributed by atoms with Gasteiger partial charge < -0.3 is 19.8 Å². The molecule has 9 heteroatoms. The maximum absolute atomic E-state index is 12.9. The van der Waals surface area contributed by atoms with Crippen LogP contribution in [0.5, 0.6) is 0 Å². The van der Waals surface area contributed by atoms with Crippen LogP contribution in [-0.2, 0) is 18.4 Å². The number of carbonyl (C=O) groups excluding carboxylic acids is 1. The molecule has 3 unspecified atom stereocenters. The molecule has 0 saturated carbocycles. The number of quaternary nitrogens is 1. The number of carbonyl (C=O) groups is 1. The Morgan fingerprint density at radius 1 is 0.576 bits per heavy atom. The van der Waals surface area contributed by atoms with Crippen LogP contribution in [0.25, 0.3) is 0 Å². The van der Waals surface area contributed by atoms with Gasteiger partial charge in [0.05, 0.1) is 39.9 Å². The summed E-state index contributed by atoms with van der Waals surface area (Å²) in [6, 6.07) is -0.879. The van der Waals surface area contributed by atoms with E-state index < -0.39 is 20.0 Å². The summed E-state index contributed by atoms with van der Waals surface area (Å²) in [5, 5.41) is 13.8. The molecule has 0 bridgehead atoms. The van der Waals surface area contributed by atoms with Gasteiger partial charge in [0.25, 0.3) is 0 Å². The third kappa shape index (κ3) is 43.8. The molecular formula is C50H92N2O6P+. The molecule has 0 saturated heterocycles. The lowest BCUT2D eigenvalue weighted by Gasteiger charge is -2.25. The molecule has 0 aliphatic heterocycles. The van der Waals surface area contributed by atoms with Crippen LogP contribution in [0.2, 0.25) is 0 Å². The molecule has 0 aliphatic rings. The van der Waals surface area contributed by atoms with E-state index in [0.717, 1.165) is 70.6 Å². The van der Waals surface area contributed by atoms with Gasteiger partial charge in [-0.15, -0.1) is 0 Å². The highest BCUT2D eigenvalue weighted by molar-refractivity contribution is 7.47. The topological polar surface area (TPSA) is 105 Å². The second-order valence-corrected chi connectivity index (χ2v) is 18.6. The largest absolute Gasteiger partial charge is 0.472 e. The number of likely N-dealkylation sites (N-methyl/N-ethyl adjacent to an activating group) is 1. The Balaban J connectivity index is 4.48. The van der Waals surface area contributed by atoms with Crippen molar-refractivity contribution in [2.75, 3.05) is 40.9 Å². The van der Waals surface area contributed by atoms with E-state index in [0.29, 0.717) is 17.4 Å². The first-order valence-electron chi connectivity index (χ1n) is 23.8. The zero-order valence-corrected chi connectivity index (χ0v) is 39.6. The first-order valence-corrected chi connectivity index (χ1v) is 25.3. The fraction of sp³-hybridized carbons (Fsp3) is 0.740. The molecule has 1 amide bonds. The van der Waals surface area contributed by atoms with Crippen LogP contribution < -0.4 is 5.32 Å². The van der Waals surface area contributed by atoms with Gasteiger partial charge in [0.1, 0.15) is 13.2 Å². The van der Waals surface area contributed by atoms with Crippen molar-refractivity contribution >= 4 is 13.7 Å². The van der Waals surface area contributed by atoms with Crippen LogP contribution in [0.15, 0.2) is 72.9 Å². The summed E-state index contributed by atoms with van der Waals surface area (Å²) in [4.78, 5) is 23.2.